The predicted octanol–water partition coefficient (Wildman–Crippen LogP) is 3.89. The van der Waals surface area contributed by atoms with Gasteiger partial charge in [-0.1, -0.05) is 43.1 Å². The van der Waals surface area contributed by atoms with Crippen LogP contribution in [0.3, 0.4) is 0 Å². The summed E-state index contributed by atoms with van der Waals surface area (Å²) in [7, 11) is 1.79. The van der Waals surface area contributed by atoms with Crippen molar-refractivity contribution in [1.82, 2.24) is 9.97 Å². The molecule has 2 rings (SSSR count). The van der Waals surface area contributed by atoms with Gasteiger partial charge in [-0.3, -0.25) is 10.1 Å². The Morgan fingerprint density at radius 3 is 2.75 bits per heavy atom. The summed E-state index contributed by atoms with van der Waals surface area (Å²) in [6.07, 6.45) is 3.26. The van der Waals surface area contributed by atoms with Crippen molar-refractivity contribution in [2.24, 2.45) is 0 Å². The Bertz CT molecular complexity index is 711. The number of anilines is 2. The van der Waals surface area contributed by atoms with Gasteiger partial charge in [0.25, 0.3) is 0 Å². The molecule has 0 radical (unpaired) electrons. The second-order valence-corrected chi connectivity index (χ2v) is 5.78. The summed E-state index contributed by atoms with van der Waals surface area (Å²) in [5, 5.41) is 15.1. The van der Waals surface area contributed by atoms with Crippen molar-refractivity contribution in [1.29, 1.82) is 0 Å². The molecule has 0 aliphatic heterocycles. The van der Waals surface area contributed by atoms with Crippen LogP contribution in [0.1, 0.15) is 25.3 Å². The molecule has 1 N–H and O–H groups in total. The minimum Gasteiger partial charge on any atom is -0.360 e. The fourth-order valence-electron chi connectivity index (χ4n) is 2.27. The van der Waals surface area contributed by atoms with Gasteiger partial charge in [0.1, 0.15) is 6.33 Å². The first-order valence-electron chi connectivity index (χ1n) is 7.72. The number of aromatic nitrogens is 2. The van der Waals surface area contributed by atoms with Gasteiger partial charge in [-0.15, -0.1) is 0 Å². The quantitative estimate of drug-likeness (QED) is 0.575. The van der Waals surface area contributed by atoms with Crippen molar-refractivity contribution in [3.63, 3.8) is 0 Å². The number of nitrogens with one attached hydrogen (secondary N) is 1. The summed E-state index contributed by atoms with van der Waals surface area (Å²) in [5.74, 6) is 0.498. The van der Waals surface area contributed by atoms with E-state index >= 15 is 0 Å². The maximum atomic E-state index is 11.5. The average molecular weight is 350 g/mol. The third-order valence-corrected chi connectivity index (χ3v) is 3.97. The van der Waals surface area contributed by atoms with Gasteiger partial charge >= 0.3 is 5.69 Å². The predicted molar refractivity (Wildman–Crippen MR) is 95.6 cm³/mol. The van der Waals surface area contributed by atoms with E-state index in [1.165, 1.54) is 6.33 Å². The number of halogens is 1. The van der Waals surface area contributed by atoms with Crippen molar-refractivity contribution in [2.45, 2.75) is 26.3 Å². The molecule has 0 saturated carbocycles. The van der Waals surface area contributed by atoms with Crippen LogP contribution in [-0.2, 0) is 6.54 Å². The molecule has 24 heavy (non-hydrogen) atoms. The van der Waals surface area contributed by atoms with Crippen LogP contribution >= 0.6 is 11.6 Å². The van der Waals surface area contributed by atoms with E-state index in [0.717, 1.165) is 18.4 Å². The molecule has 1 aromatic carbocycles. The average Bonchev–Trinajstić information content (AvgIpc) is 2.58. The Labute approximate surface area is 145 Å². The summed E-state index contributed by atoms with van der Waals surface area (Å²) in [5.41, 5.74) is 0.719. The Morgan fingerprint density at radius 1 is 1.33 bits per heavy atom. The van der Waals surface area contributed by atoms with Gasteiger partial charge in [-0.25, -0.2) is 9.97 Å². The van der Waals surface area contributed by atoms with E-state index in [2.05, 4.69) is 22.2 Å². The lowest BCUT2D eigenvalue weighted by molar-refractivity contribution is -0.383. The number of nitro groups is 1. The molecule has 0 fully saturated rings. The van der Waals surface area contributed by atoms with Crippen LogP contribution in [0.15, 0.2) is 30.6 Å². The van der Waals surface area contributed by atoms with E-state index in [9.17, 15) is 10.1 Å². The smallest absolute Gasteiger partial charge is 0.353 e. The Balaban J connectivity index is 2.26. The molecular formula is C16H20ClN5O2. The number of hydrogen-bond donors (Lipinski definition) is 1. The lowest BCUT2D eigenvalue weighted by Crippen LogP contribution is -2.21. The van der Waals surface area contributed by atoms with Gasteiger partial charge in [0.05, 0.1) is 4.92 Å². The molecule has 2 aromatic rings. The van der Waals surface area contributed by atoms with E-state index in [-0.39, 0.29) is 11.5 Å². The Hall–Kier alpha value is -2.41. The molecule has 7 nitrogen and oxygen atoms in total. The van der Waals surface area contributed by atoms with E-state index < -0.39 is 4.92 Å². The summed E-state index contributed by atoms with van der Waals surface area (Å²) in [6.45, 7) is 3.10. The molecule has 0 aliphatic carbocycles. The summed E-state index contributed by atoms with van der Waals surface area (Å²) >= 11 is 6.12. The zero-order valence-corrected chi connectivity index (χ0v) is 14.5. The van der Waals surface area contributed by atoms with E-state index in [1.54, 1.807) is 18.0 Å². The maximum absolute atomic E-state index is 11.5. The molecule has 0 atom stereocenters. The highest BCUT2D eigenvalue weighted by atomic mass is 35.5. The Kier molecular flexibility index (Phi) is 6.31. The summed E-state index contributed by atoms with van der Waals surface area (Å²) < 4.78 is 0. The number of unbranched alkanes of at least 4 members (excludes halogenated alkanes) is 1. The molecule has 0 amide bonds. The van der Waals surface area contributed by atoms with Gasteiger partial charge in [-0.2, -0.15) is 0 Å². The highest BCUT2D eigenvalue weighted by molar-refractivity contribution is 6.31. The molecule has 0 bridgehead atoms. The van der Waals surface area contributed by atoms with Crippen molar-refractivity contribution >= 4 is 28.9 Å². The number of nitrogens with zero attached hydrogens (tertiary/aromatic N) is 4. The standard InChI is InChI=1S/C16H20ClN5O2/c1-3-4-9-21(2)16-14(22(23)24)15(19-11-20-16)18-10-12-7-5-6-8-13(12)17/h5-8,11H,3-4,9-10H2,1-2H3,(H,18,19,20). The van der Waals surface area contributed by atoms with Crippen LogP contribution in [0.2, 0.25) is 5.02 Å². The van der Waals surface area contributed by atoms with E-state index in [1.807, 2.05) is 18.2 Å². The summed E-state index contributed by atoms with van der Waals surface area (Å²) in [4.78, 5) is 21.0. The largest absolute Gasteiger partial charge is 0.360 e. The molecule has 1 aromatic heterocycles. The van der Waals surface area contributed by atoms with Crippen molar-refractivity contribution in [2.75, 3.05) is 23.8 Å². The fourth-order valence-corrected chi connectivity index (χ4v) is 2.47. The first-order chi connectivity index (χ1) is 11.5. The van der Waals surface area contributed by atoms with Crippen LogP contribution in [-0.4, -0.2) is 28.5 Å². The third-order valence-electron chi connectivity index (χ3n) is 3.60. The maximum Gasteiger partial charge on any atom is 0.353 e. The zero-order valence-electron chi connectivity index (χ0n) is 13.7. The molecule has 128 valence electrons. The number of hydrogen-bond acceptors (Lipinski definition) is 6. The highest BCUT2D eigenvalue weighted by Crippen LogP contribution is 2.31. The lowest BCUT2D eigenvalue weighted by Gasteiger charge is -2.18. The van der Waals surface area contributed by atoms with Crippen LogP contribution < -0.4 is 10.2 Å². The normalized spacial score (nSPS) is 10.5. The number of benzene rings is 1. The van der Waals surface area contributed by atoms with Crippen molar-refractivity contribution in [3.8, 4) is 0 Å². The molecular weight excluding hydrogens is 330 g/mol. The molecule has 0 saturated heterocycles. The lowest BCUT2D eigenvalue weighted by atomic mass is 10.2. The summed E-state index contributed by atoms with van der Waals surface area (Å²) in [6, 6.07) is 7.33. The molecule has 0 unspecified atom stereocenters. The van der Waals surface area contributed by atoms with Crippen LogP contribution in [0.25, 0.3) is 0 Å². The van der Waals surface area contributed by atoms with Crippen molar-refractivity contribution < 1.29 is 4.92 Å². The van der Waals surface area contributed by atoms with E-state index in [0.29, 0.717) is 23.9 Å². The molecule has 8 heteroatoms. The topological polar surface area (TPSA) is 84.2 Å². The van der Waals surface area contributed by atoms with Gasteiger partial charge in [0, 0.05) is 25.2 Å². The van der Waals surface area contributed by atoms with Crippen LogP contribution in [0.4, 0.5) is 17.3 Å². The Morgan fingerprint density at radius 2 is 2.08 bits per heavy atom. The van der Waals surface area contributed by atoms with Gasteiger partial charge < -0.3 is 10.2 Å². The molecule has 0 spiro atoms. The van der Waals surface area contributed by atoms with Gasteiger partial charge in [-0.05, 0) is 18.1 Å². The highest BCUT2D eigenvalue weighted by Gasteiger charge is 2.25. The van der Waals surface area contributed by atoms with E-state index in [4.69, 9.17) is 11.6 Å². The first-order valence-corrected chi connectivity index (χ1v) is 8.10. The fraction of sp³-hybridized carbons (Fsp3) is 0.375. The number of rotatable bonds is 8. The first kappa shape index (κ1) is 17.9. The minimum absolute atomic E-state index is 0.122. The molecule has 1 heterocycles. The second kappa shape index (κ2) is 8.44. The van der Waals surface area contributed by atoms with Crippen LogP contribution in [0.5, 0.6) is 0 Å². The van der Waals surface area contributed by atoms with Gasteiger partial charge in [0.15, 0.2) is 0 Å². The zero-order chi connectivity index (χ0) is 17.5. The third kappa shape index (κ3) is 4.32. The van der Waals surface area contributed by atoms with Crippen molar-refractivity contribution in [3.05, 3.63) is 51.3 Å². The monoisotopic (exact) mass is 349 g/mol. The minimum atomic E-state index is -0.452. The van der Waals surface area contributed by atoms with Gasteiger partial charge in [0.2, 0.25) is 11.6 Å². The molecule has 0 aliphatic rings. The SMILES string of the molecule is CCCCN(C)c1ncnc(NCc2ccccc2Cl)c1[N+](=O)[O-]. The second-order valence-electron chi connectivity index (χ2n) is 5.37. The van der Waals surface area contributed by atoms with Crippen LogP contribution in [0, 0.1) is 10.1 Å².